The fraction of sp³-hybridized carbons (Fsp3) is 0. The van der Waals surface area contributed by atoms with Crippen LogP contribution in [0.5, 0.6) is 0 Å². The summed E-state index contributed by atoms with van der Waals surface area (Å²) >= 11 is 0. The van der Waals surface area contributed by atoms with E-state index in [2.05, 4.69) is 15.8 Å². The molecule has 0 saturated heterocycles. The van der Waals surface area contributed by atoms with Crippen LogP contribution in [-0.2, 0) is 10.1 Å². The zero-order chi connectivity index (χ0) is 13.7. The molecule has 0 fully saturated rings. The Hall–Kier alpha value is -1.25. The van der Waals surface area contributed by atoms with Crippen LogP contribution in [0, 0.1) is 0 Å². The van der Waals surface area contributed by atoms with Gasteiger partial charge in [-0.25, -0.2) is 0 Å². The van der Waals surface area contributed by atoms with Crippen molar-refractivity contribution in [2.45, 2.75) is 4.90 Å². The second-order valence-corrected chi connectivity index (χ2v) is 5.07. The maximum absolute atomic E-state index is 10.8. The zero-order valence-electron chi connectivity index (χ0n) is 11.8. The molecule has 2 aromatic rings. The molecule has 0 aliphatic heterocycles. The van der Waals surface area contributed by atoms with Gasteiger partial charge in [0.15, 0.2) is 0 Å². The van der Waals surface area contributed by atoms with Crippen LogP contribution in [0.25, 0.3) is 0 Å². The normalized spacial score (nSPS) is 11.1. The molecule has 0 amide bonds. The van der Waals surface area contributed by atoms with E-state index in [0.29, 0.717) is 5.69 Å². The molecule has 0 aromatic heterocycles. The molecule has 2 N–H and O–H groups in total. The first-order valence-electron chi connectivity index (χ1n) is 5.35. The van der Waals surface area contributed by atoms with Gasteiger partial charge in [-0.05, 0) is 36.4 Å². The third-order valence-corrected chi connectivity index (χ3v) is 3.12. The molecule has 0 saturated carbocycles. The predicted molar refractivity (Wildman–Crippen MR) is 71.9 cm³/mol. The van der Waals surface area contributed by atoms with Crippen LogP contribution in [0.4, 0.5) is 11.4 Å². The maximum Gasteiger partial charge on any atom is 1.00 e. The van der Waals surface area contributed by atoms with Crippen molar-refractivity contribution in [2.75, 3.05) is 5.43 Å². The van der Waals surface area contributed by atoms with Gasteiger partial charge in [-0.2, -0.15) is 8.42 Å². The molecule has 2 rings (SSSR count). The molecule has 8 heteroatoms. The maximum atomic E-state index is 10.8. The van der Waals surface area contributed by atoms with E-state index in [-0.39, 0.29) is 35.9 Å². The summed E-state index contributed by atoms with van der Waals surface area (Å²) in [7, 11) is -4.17. The smallest absolute Gasteiger partial charge is 1.00 e. The molecule has 0 atom stereocenters. The van der Waals surface area contributed by atoms with Gasteiger partial charge in [0.2, 0.25) is 0 Å². The van der Waals surface area contributed by atoms with Crippen LogP contribution in [0.15, 0.2) is 69.8 Å². The van der Waals surface area contributed by atoms with Gasteiger partial charge < -0.3 is 1.43 Å². The van der Waals surface area contributed by atoms with E-state index in [0.717, 1.165) is 5.69 Å². The average molecular weight is 301 g/mol. The minimum absolute atomic E-state index is 0. The van der Waals surface area contributed by atoms with Crippen molar-refractivity contribution < 1.29 is 44.0 Å². The molecule has 0 unspecified atom stereocenters. The van der Waals surface area contributed by atoms with E-state index in [9.17, 15) is 8.42 Å². The fourth-order valence-electron chi connectivity index (χ4n) is 1.34. The van der Waals surface area contributed by atoms with Crippen molar-refractivity contribution in [1.29, 1.82) is 0 Å². The van der Waals surface area contributed by atoms with Crippen LogP contribution in [0.1, 0.15) is 1.43 Å². The third-order valence-electron chi connectivity index (χ3n) is 2.25. The molecule has 0 aliphatic rings. The Morgan fingerprint density at radius 1 is 1.00 bits per heavy atom. The molecule has 0 bridgehead atoms. The first kappa shape index (κ1) is 16.8. The summed E-state index contributed by atoms with van der Waals surface area (Å²) in [6.07, 6.45) is 0. The molecular weight excluding hydrogens is 289 g/mol. The molecule has 100 valence electrons. The van der Waals surface area contributed by atoms with Gasteiger partial charge in [-0.15, -0.1) is 5.11 Å². The van der Waals surface area contributed by atoms with Gasteiger partial charge in [-0.3, -0.25) is 9.98 Å². The van der Waals surface area contributed by atoms with Gasteiger partial charge in [0.05, 0.1) is 16.3 Å². The Morgan fingerprint density at radius 3 is 2.15 bits per heavy atom. The molecule has 0 radical (unpaired) electrons. The number of nitrogens with zero attached hydrogens (tertiary/aromatic N) is 2. The summed E-state index contributed by atoms with van der Waals surface area (Å²) in [4.78, 5) is -0.178. The molecule has 0 heterocycles. The molecule has 0 spiro atoms. The minimum Gasteiger partial charge on any atom is -1.00 e. The van der Waals surface area contributed by atoms with Crippen LogP contribution in [0.2, 0.25) is 0 Å². The van der Waals surface area contributed by atoms with Crippen molar-refractivity contribution in [3.63, 3.8) is 0 Å². The number of anilines is 1. The molecule has 0 aliphatic carbocycles. The Balaban J connectivity index is 0.00000200. The van der Waals surface area contributed by atoms with Crippen molar-refractivity contribution in [1.82, 2.24) is 0 Å². The topological polar surface area (TPSA) is 91.1 Å². The summed E-state index contributed by atoms with van der Waals surface area (Å²) in [5.41, 5.74) is 3.99. The van der Waals surface area contributed by atoms with E-state index in [1.54, 1.807) is 0 Å². The molecule has 6 nitrogen and oxygen atoms in total. The third kappa shape index (κ3) is 5.03. The second kappa shape index (κ2) is 7.51. The number of hydrogen-bond donors (Lipinski definition) is 2. The zero-order valence-corrected chi connectivity index (χ0v) is 13.6. The van der Waals surface area contributed by atoms with E-state index in [1.165, 1.54) is 24.3 Å². The first-order valence-corrected chi connectivity index (χ1v) is 6.79. The van der Waals surface area contributed by atoms with Crippen LogP contribution in [-0.4, -0.2) is 13.0 Å². The standard InChI is InChI=1S/C12H11N3O3S.Na.H/c16-19(17,18)12-8-6-11(7-9-12)14-15-13-10-4-2-1-3-5-10;;/h1-9H,(H,13,14)(H,16,17,18);;/q;+1;-1. The predicted octanol–water partition coefficient (Wildman–Crippen LogP) is 0.161. The minimum atomic E-state index is -4.17. The van der Waals surface area contributed by atoms with E-state index < -0.39 is 10.1 Å². The molecule has 2 aromatic carbocycles. The Kier molecular flexibility index (Phi) is 6.31. The summed E-state index contributed by atoms with van der Waals surface area (Å²) in [5.74, 6) is 0. The largest absolute Gasteiger partial charge is 1.00 e. The molecule has 20 heavy (non-hydrogen) atoms. The van der Waals surface area contributed by atoms with E-state index in [4.69, 9.17) is 4.55 Å². The number of hydrogen-bond acceptors (Lipinski definition) is 4. The summed E-state index contributed by atoms with van der Waals surface area (Å²) in [6, 6.07) is 14.7. The fourth-order valence-corrected chi connectivity index (χ4v) is 1.82. The van der Waals surface area contributed by atoms with E-state index in [1.807, 2.05) is 30.3 Å². The number of rotatable bonds is 4. The van der Waals surface area contributed by atoms with Gasteiger partial charge >= 0.3 is 29.6 Å². The van der Waals surface area contributed by atoms with E-state index >= 15 is 0 Å². The Bertz CT molecular complexity index is 679. The average Bonchev–Trinajstić information content (AvgIpc) is 2.39. The summed E-state index contributed by atoms with van der Waals surface area (Å²) < 4.78 is 30.5. The number of para-hydroxylation sites is 1. The summed E-state index contributed by atoms with van der Waals surface area (Å²) in [5, 5.41) is 7.63. The van der Waals surface area contributed by atoms with Crippen molar-refractivity contribution in [3.05, 3.63) is 54.6 Å². The Labute approximate surface area is 140 Å². The molecular formula is C12H12N3NaO3S. The second-order valence-electron chi connectivity index (χ2n) is 3.65. The van der Waals surface area contributed by atoms with Crippen LogP contribution >= 0.6 is 0 Å². The van der Waals surface area contributed by atoms with Crippen LogP contribution < -0.4 is 35.0 Å². The van der Waals surface area contributed by atoms with Crippen molar-refractivity contribution in [2.24, 2.45) is 10.3 Å². The quantitative estimate of drug-likeness (QED) is 0.364. The number of nitrogens with one attached hydrogen (secondary N) is 1. The van der Waals surface area contributed by atoms with Crippen molar-refractivity contribution in [3.8, 4) is 0 Å². The van der Waals surface area contributed by atoms with Gasteiger partial charge in [0.1, 0.15) is 0 Å². The number of benzene rings is 2. The SMILES string of the molecule is O=S(=O)(O)c1ccc(N=NNc2ccccc2)cc1.[H-].[Na+]. The van der Waals surface area contributed by atoms with Crippen LogP contribution in [0.3, 0.4) is 0 Å². The summed E-state index contributed by atoms with van der Waals surface area (Å²) in [6.45, 7) is 0. The van der Waals surface area contributed by atoms with Crippen molar-refractivity contribution >= 4 is 21.5 Å². The first-order chi connectivity index (χ1) is 9.05. The Morgan fingerprint density at radius 2 is 1.60 bits per heavy atom. The van der Waals surface area contributed by atoms with Gasteiger partial charge in [-0.1, -0.05) is 23.4 Å². The van der Waals surface area contributed by atoms with Gasteiger partial charge in [0.25, 0.3) is 10.1 Å². The monoisotopic (exact) mass is 301 g/mol. The van der Waals surface area contributed by atoms with Gasteiger partial charge in [0, 0.05) is 0 Å².